The zero-order valence-corrected chi connectivity index (χ0v) is 10.7. The first kappa shape index (κ1) is 11.8. The van der Waals surface area contributed by atoms with E-state index in [0.29, 0.717) is 0 Å². The van der Waals surface area contributed by atoms with Gasteiger partial charge in [0.2, 0.25) is 0 Å². The molecule has 0 saturated heterocycles. The van der Waals surface area contributed by atoms with Gasteiger partial charge in [-0.1, -0.05) is 22.0 Å². The highest BCUT2D eigenvalue weighted by molar-refractivity contribution is 9.10. The Morgan fingerprint density at radius 1 is 1.53 bits per heavy atom. The van der Waals surface area contributed by atoms with Gasteiger partial charge in [-0.15, -0.1) is 5.10 Å². The number of aromatic nitrogens is 3. The van der Waals surface area contributed by atoms with Gasteiger partial charge >= 0.3 is 0 Å². The summed E-state index contributed by atoms with van der Waals surface area (Å²) in [6.07, 6.45) is 1.51. The van der Waals surface area contributed by atoms with Crippen LogP contribution in [0.5, 0.6) is 0 Å². The van der Waals surface area contributed by atoms with Crippen LogP contribution in [0.25, 0.3) is 5.69 Å². The second-order valence-corrected chi connectivity index (χ2v) is 4.47. The molecule has 0 spiro atoms. The molecule has 0 bridgehead atoms. The third-order valence-corrected chi connectivity index (χ3v) is 3.02. The second-order valence-electron chi connectivity index (χ2n) is 3.62. The van der Waals surface area contributed by atoms with Crippen LogP contribution < -0.4 is 5.73 Å². The van der Waals surface area contributed by atoms with Gasteiger partial charge in [0.25, 0.3) is 5.82 Å². The van der Waals surface area contributed by atoms with E-state index in [9.17, 15) is 0 Å². The Balaban J connectivity index is 2.41. The molecule has 1 atom stereocenters. The van der Waals surface area contributed by atoms with E-state index in [1.165, 1.54) is 6.33 Å². The molecular formula is C11H10BrN5. The quantitative estimate of drug-likeness (QED) is 0.917. The Bertz CT molecular complexity index is 582. The Morgan fingerprint density at radius 2 is 2.29 bits per heavy atom. The van der Waals surface area contributed by atoms with Crippen molar-refractivity contribution in [2.75, 3.05) is 0 Å². The number of nitrogens with two attached hydrogens (primary N) is 1. The van der Waals surface area contributed by atoms with Crippen LogP contribution in [0.3, 0.4) is 0 Å². The normalized spacial score (nSPS) is 12.1. The van der Waals surface area contributed by atoms with Crippen LogP contribution in [-0.4, -0.2) is 14.8 Å². The smallest absolute Gasteiger partial charge is 0.252 e. The number of halogens is 1. The Kier molecular flexibility index (Phi) is 3.22. The van der Waals surface area contributed by atoms with Gasteiger partial charge in [0.05, 0.1) is 5.69 Å². The van der Waals surface area contributed by atoms with Crippen molar-refractivity contribution < 1.29 is 0 Å². The molecule has 0 saturated carbocycles. The lowest BCUT2D eigenvalue weighted by Gasteiger charge is -2.09. The summed E-state index contributed by atoms with van der Waals surface area (Å²) in [7, 11) is 0. The summed E-state index contributed by atoms with van der Waals surface area (Å²) in [6.45, 7) is 1.92. The van der Waals surface area contributed by atoms with Gasteiger partial charge in [-0.25, -0.2) is 9.67 Å². The van der Waals surface area contributed by atoms with Crippen molar-refractivity contribution in [2.45, 2.75) is 13.0 Å². The molecule has 0 radical (unpaired) electrons. The summed E-state index contributed by atoms with van der Waals surface area (Å²) in [5.41, 5.74) is 7.67. The molecule has 0 aliphatic heterocycles. The van der Waals surface area contributed by atoms with Gasteiger partial charge in [-0.3, -0.25) is 0 Å². The van der Waals surface area contributed by atoms with Crippen molar-refractivity contribution in [3.05, 3.63) is 40.4 Å². The highest BCUT2D eigenvalue weighted by Crippen LogP contribution is 2.24. The Labute approximate surface area is 107 Å². The molecule has 5 nitrogen and oxygen atoms in total. The fourth-order valence-corrected chi connectivity index (χ4v) is 2.19. The van der Waals surface area contributed by atoms with Crippen LogP contribution >= 0.6 is 15.9 Å². The fourth-order valence-electron chi connectivity index (χ4n) is 1.47. The van der Waals surface area contributed by atoms with Gasteiger partial charge < -0.3 is 5.73 Å². The minimum absolute atomic E-state index is 0.0381. The van der Waals surface area contributed by atoms with Gasteiger partial charge in [0.15, 0.2) is 0 Å². The summed E-state index contributed by atoms with van der Waals surface area (Å²) in [5.74, 6) is 0.150. The van der Waals surface area contributed by atoms with E-state index < -0.39 is 0 Å². The topological polar surface area (TPSA) is 80.5 Å². The SMILES string of the molecule is C[C@@H](N)c1ccc(-n2cnc(C#N)n2)cc1Br. The van der Waals surface area contributed by atoms with Crippen LogP contribution in [0.2, 0.25) is 0 Å². The molecule has 0 unspecified atom stereocenters. The maximum Gasteiger partial charge on any atom is 0.252 e. The molecule has 17 heavy (non-hydrogen) atoms. The highest BCUT2D eigenvalue weighted by Gasteiger charge is 2.07. The molecule has 1 aromatic carbocycles. The molecule has 0 aliphatic rings. The van der Waals surface area contributed by atoms with E-state index in [-0.39, 0.29) is 11.9 Å². The first-order chi connectivity index (χ1) is 8.11. The molecule has 1 heterocycles. The molecule has 86 valence electrons. The highest BCUT2D eigenvalue weighted by atomic mass is 79.9. The van der Waals surface area contributed by atoms with E-state index in [1.807, 2.05) is 31.2 Å². The van der Waals surface area contributed by atoms with Crippen molar-refractivity contribution in [2.24, 2.45) is 5.73 Å². The Hall–Kier alpha value is -1.71. The summed E-state index contributed by atoms with van der Waals surface area (Å²) >= 11 is 3.46. The van der Waals surface area contributed by atoms with E-state index >= 15 is 0 Å². The summed E-state index contributed by atoms with van der Waals surface area (Å²) in [4.78, 5) is 3.85. The van der Waals surface area contributed by atoms with Crippen molar-refractivity contribution in [1.29, 1.82) is 5.26 Å². The minimum Gasteiger partial charge on any atom is -0.324 e. The second kappa shape index (κ2) is 4.65. The van der Waals surface area contributed by atoms with Gasteiger partial charge in [0.1, 0.15) is 12.4 Å². The van der Waals surface area contributed by atoms with E-state index in [2.05, 4.69) is 26.0 Å². The predicted octanol–water partition coefficient (Wildman–Crippen LogP) is 1.92. The van der Waals surface area contributed by atoms with E-state index in [4.69, 9.17) is 11.0 Å². The first-order valence-corrected chi connectivity index (χ1v) is 5.78. The third-order valence-electron chi connectivity index (χ3n) is 2.33. The van der Waals surface area contributed by atoms with Crippen molar-refractivity contribution in [3.8, 4) is 11.8 Å². The molecule has 0 aliphatic carbocycles. The molecule has 2 N–H and O–H groups in total. The number of benzene rings is 1. The van der Waals surface area contributed by atoms with Crippen molar-refractivity contribution >= 4 is 15.9 Å². The van der Waals surface area contributed by atoms with Crippen LogP contribution in [0.15, 0.2) is 29.0 Å². The monoisotopic (exact) mass is 291 g/mol. The lowest BCUT2D eigenvalue weighted by Crippen LogP contribution is -2.06. The van der Waals surface area contributed by atoms with E-state index in [0.717, 1.165) is 15.7 Å². The van der Waals surface area contributed by atoms with Crippen LogP contribution in [-0.2, 0) is 0 Å². The number of hydrogen-bond acceptors (Lipinski definition) is 4. The fraction of sp³-hybridized carbons (Fsp3) is 0.182. The van der Waals surface area contributed by atoms with E-state index in [1.54, 1.807) is 4.68 Å². The number of rotatable bonds is 2. The lowest BCUT2D eigenvalue weighted by molar-refractivity contribution is 0.808. The average molecular weight is 292 g/mol. The minimum atomic E-state index is -0.0381. The average Bonchev–Trinajstić information content (AvgIpc) is 2.76. The van der Waals surface area contributed by atoms with Gasteiger partial charge in [-0.05, 0) is 24.6 Å². The number of hydrogen-bond donors (Lipinski definition) is 1. The predicted molar refractivity (Wildman–Crippen MR) is 66.4 cm³/mol. The molecule has 0 amide bonds. The molecule has 0 fully saturated rings. The summed E-state index contributed by atoms with van der Waals surface area (Å²) < 4.78 is 2.47. The van der Waals surface area contributed by atoms with Gasteiger partial charge in [-0.2, -0.15) is 5.26 Å². The summed E-state index contributed by atoms with van der Waals surface area (Å²) in [6, 6.07) is 7.56. The van der Waals surface area contributed by atoms with Crippen LogP contribution in [0.1, 0.15) is 24.4 Å². The van der Waals surface area contributed by atoms with Crippen molar-refractivity contribution in [1.82, 2.24) is 14.8 Å². The first-order valence-electron chi connectivity index (χ1n) is 4.99. The van der Waals surface area contributed by atoms with Crippen molar-refractivity contribution in [3.63, 3.8) is 0 Å². The molecular weight excluding hydrogens is 282 g/mol. The lowest BCUT2D eigenvalue weighted by atomic mass is 10.1. The Morgan fingerprint density at radius 3 is 2.82 bits per heavy atom. The maximum absolute atomic E-state index is 8.66. The maximum atomic E-state index is 8.66. The third kappa shape index (κ3) is 2.35. The zero-order chi connectivity index (χ0) is 12.4. The summed E-state index contributed by atoms with van der Waals surface area (Å²) in [5, 5.41) is 12.7. The molecule has 2 aromatic rings. The number of nitriles is 1. The zero-order valence-electron chi connectivity index (χ0n) is 9.13. The molecule has 2 rings (SSSR count). The number of nitrogens with zero attached hydrogens (tertiary/aromatic N) is 4. The van der Waals surface area contributed by atoms with Crippen LogP contribution in [0.4, 0.5) is 0 Å². The van der Waals surface area contributed by atoms with Crippen LogP contribution in [0, 0.1) is 11.3 Å². The standard InChI is InChI=1S/C11H10BrN5/c1-7(14)9-3-2-8(4-10(9)12)17-6-15-11(5-13)16-17/h2-4,6-7H,14H2,1H3/t7-/m1/s1. The molecule has 1 aromatic heterocycles. The molecule has 6 heteroatoms. The largest absolute Gasteiger partial charge is 0.324 e. The van der Waals surface area contributed by atoms with Gasteiger partial charge in [0, 0.05) is 10.5 Å².